The highest BCUT2D eigenvalue weighted by Crippen LogP contribution is 2.21. The molecular weight excluding hydrogens is 362 g/mol. The Bertz CT molecular complexity index is 893. The van der Waals surface area contributed by atoms with Gasteiger partial charge in [0.15, 0.2) is 0 Å². The molecule has 154 valence electrons. The fourth-order valence-electron chi connectivity index (χ4n) is 3.62. The lowest BCUT2D eigenvalue weighted by molar-refractivity contribution is 0.0687. The molecule has 4 rings (SSSR count). The van der Waals surface area contributed by atoms with Crippen LogP contribution >= 0.6 is 0 Å². The standard InChI is InChI=1S/C21H25N5O.C2H6/c1-2-12-25(18-10-11-22-14-18)21(27)20-9-8-19(24-20)16-13-23-26(15-16)17-6-4-3-5-7-17;1-2/h3-9,13,15,18,22,24H,2,10-12,14H2,1H3;1-2H3. The van der Waals surface area contributed by atoms with Crippen LogP contribution in [0.3, 0.4) is 0 Å². The van der Waals surface area contributed by atoms with Crippen LogP contribution in [0.25, 0.3) is 16.9 Å². The summed E-state index contributed by atoms with van der Waals surface area (Å²) in [7, 11) is 0. The number of H-pyrrole nitrogens is 1. The minimum atomic E-state index is 0.0762. The predicted molar refractivity (Wildman–Crippen MR) is 117 cm³/mol. The third kappa shape index (κ3) is 4.77. The lowest BCUT2D eigenvalue weighted by Gasteiger charge is -2.27. The van der Waals surface area contributed by atoms with Crippen LogP contribution in [0, 0.1) is 0 Å². The maximum atomic E-state index is 13.0. The molecule has 1 aliphatic heterocycles. The van der Waals surface area contributed by atoms with Crippen molar-refractivity contribution in [2.75, 3.05) is 19.6 Å². The highest BCUT2D eigenvalue weighted by Gasteiger charge is 2.27. The first-order valence-electron chi connectivity index (χ1n) is 10.6. The number of rotatable bonds is 6. The number of amides is 1. The number of aromatic amines is 1. The van der Waals surface area contributed by atoms with Gasteiger partial charge in [-0.05, 0) is 43.7 Å². The van der Waals surface area contributed by atoms with Gasteiger partial charge in [0.1, 0.15) is 5.69 Å². The average molecular weight is 394 g/mol. The second-order valence-electron chi connectivity index (χ2n) is 6.94. The molecule has 0 spiro atoms. The number of nitrogens with one attached hydrogen (secondary N) is 2. The maximum Gasteiger partial charge on any atom is 0.270 e. The van der Waals surface area contributed by atoms with E-state index in [1.54, 1.807) is 0 Å². The molecule has 1 aromatic carbocycles. The molecule has 0 radical (unpaired) electrons. The summed E-state index contributed by atoms with van der Waals surface area (Å²) in [5.74, 6) is 0.0762. The summed E-state index contributed by atoms with van der Waals surface area (Å²) >= 11 is 0. The van der Waals surface area contributed by atoms with Gasteiger partial charge in [0.25, 0.3) is 5.91 Å². The number of hydrogen-bond acceptors (Lipinski definition) is 3. The van der Waals surface area contributed by atoms with Gasteiger partial charge >= 0.3 is 0 Å². The summed E-state index contributed by atoms with van der Waals surface area (Å²) in [6.07, 6.45) is 5.76. The average Bonchev–Trinajstić information content (AvgIpc) is 3.54. The van der Waals surface area contributed by atoms with Gasteiger partial charge in [0.05, 0.1) is 11.9 Å². The van der Waals surface area contributed by atoms with Gasteiger partial charge in [-0.25, -0.2) is 4.68 Å². The maximum absolute atomic E-state index is 13.0. The van der Waals surface area contributed by atoms with E-state index >= 15 is 0 Å². The minimum absolute atomic E-state index is 0.0762. The van der Waals surface area contributed by atoms with Crippen LogP contribution in [-0.2, 0) is 0 Å². The van der Waals surface area contributed by atoms with E-state index in [0.717, 1.165) is 49.4 Å². The van der Waals surface area contributed by atoms with Crippen LogP contribution in [0.4, 0.5) is 0 Å². The molecule has 6 heteroatoms. The van der Waals surface area contributed by atoms with Crippen molar-refractivity contribution in [3.05, 3.63) is 60.6 Å². The molecule has 1 unspecified atom stereocenters. The Kier molecular flexibility index (Phi) is 7.25. The first-order valence-corrected chi connectivity index (χ1v) is 10.6. The van der Waals surface area contributed by atoms with Crippen molar-refractivity contribution < 1.29 is 4.79 Å². The van der Waals surface area contributed by atoms with Gasteiger partial charge < -0.3 is 15.2 Å². The van der Waals surface area contributed by atoms with Crippen LogP contribution in [-0.4, -0.2) is 51.2 Å². The zero-order chi connectivity index (χ0) is 20.6. The Morgan fingerprint density at radius 3 is 2.69 bits per heavy atom. The number of hydrogen-bond donors (Lipinski definition) is 2. The van der Waals surface area contributed by atoms with Gasteiger partial charge in [-0.2, -0.15) is 5.10 Å². The van der Waals surface area contributed by atoms with Crippen molar-refractivity contribution in [1.82, 2.24) is 25.0 Å². The monoisotopic (exact) mass is 393 g/mol. The second-order valence-corrected chi connectivity index (χ2v) is 6.94. The molecule has 1 amide bonds. The van der Waals surface area contributed by atoms with Crippen molar-refractivity contribution in [1.29, 1.82) is 0 Å². The van der Waals surface area contributed by atoms with Gasteiger partial charge in [-0.3, -0.25) is 4.79 Å². The van der Waals surface area contributed by atoms with E-state index in [1.165, 1.54) is 0 Å². The van der Waals surface area contributed by atoms with E-state index in [2.05, 4.69) is 22.3 Å². The number of para-hydroxylation sites is 1. The van der Waals surface area contributed by atoms with Gasteiger partial charge in [-0.15, -0.1) is 0 Å². The number of nitrogens with zero attached hydrogens (tertiary/aromatic N) is 3. The Balaban J connectivity index is 0.00000117. The molecule has 0 aliphatic carbocycles. The van der Waals surface area contributed by atoms with Crippen LogP contribution in [0.5, 0.6) is 0 Å². The molecule has 2 N–H and O–H groups in total. The molecular formula is C23H31N5O. The molecule has 2 aromatic heterocycles. The third-order valence-corrected chi connectivity index (χ3v) is 5.03. The molecule has 0 bridgehead atoms. The zero-order valence-electron chi connectivity index (χ0n) is 17.6. The summed E-state index contributed by atoms with van der Waals surface area (Å²) in [5.41, 5.74) is 3.51. The van der Waals surface area contributed by atoms with E-state index < -0.39 is 0 Å². The smallest absolute Gasteiger partial charge is 0.270 e. The largest absolute Gasteiger partial charge is 0.350 e. The Hall–Kier alpha value is -2.86. The van der Waals surface area contributed by atoms with Gasteiger partial charge in [-0.1, -0.05) is 39.0 Å². The van der Waals surface area contributed by atoms with Crippen LogP contribution in [0.1, 0.15) is 44.1 Å². The molecule has 3 heterocycles. The Morgan fingerprint density at radius 1 is 1.21 bits per heavy atom. The predicted octanol–water partition coefficient (Wildman–Crippen LogP) is 4.11. The van der Waals surface area contributed by atoms with Crippen molar-refractivity contribution in [3.63, 3.8) is 0 Å². The SMILES string of the molecule is CC.CCCN(C(=O)c1ccc(-c2cnn(-c3ccccc3)c2)[nH]1)C1CCNC1. The van der Waals surface area contributed by atoms with Crippen molar-refractivity contribution >= 4 is 5.91 Å². The van der Waals surface area contributed by atoms with E-state index in [9.17, 15) is 4.79 Å². The number of benzene rings is 1. The lowest BCUT2D eigenvalue weighted by atomic mass is 10.2. The quantitative estimate of drug-likeness (QED) is 0.662. The number of carbonyl (C=O) groups is 1. The Morgan fingerprint density at radius 2 is 2.00 bits per heavy atom. The number of carbonyl (C=O) groups excluding carboxylic acids is 1. The summed E-state index contributed by atoms with van der Waals surface area (Å²) in [5, 5.41) is 7.79. The van der Waals surface area contributed by atoms with E-state index in [1.807, 2.05) is 78.3 Å². The van der Waals surface area contributed by atoms with Crippen LogP contribution in [0.2, 0.25) is 0 Å². The Labute approximate surface area is 172 Å². The molecule has 1 aliphatic rings. The lowest BCUT2D eigenvalue weighted by Crippen LogP contribution is -2.42. The van der Waals surface area contributed by atoms with E-state index in [0.29, 0.717) is 5.69 Å². The first-order chi connectivity index (χ1) is 14.3. The van der Waals surface area contributed by atoms with Crippen LogP contribution in [0.15, 0.2) is 54.9 Å². The first kappa shape index (κ1) is 20.9. The fourth-order valence-corrected chi connectivity index (χ4v) is 3.62. The fraction of sp³-hybridized carbons (Fsp3) is 0.391. The summed E-state index contributed by atoms with van der Waals surface area (Å²) in [6.45, 7) is 8.75. The molecule has 29 heavy (non-hydrogen) atoms. The minimum Gasteiger partial charge on any atom is -0.350 e. The molecule has 6 nitrogen and oxygen atoms in total. The summed E-state index contributed by atoms with van der Waals surface area (Å²) < 4.78 is 1.84. The third-order valence-electron chi connectivity index (χ3n) is 5.03. The van der Waals surface area contributed by atoms with Crippen molar-refractivity contribution in [2.45, 2.75) is 39.7 Å². The van der Waals surface area contributed by atoms with Crippen LogP contribution < -0.4 is 5.32 Å². The summed E-state index contributed by atoms with van der Waals surface area (Å²) in [4.78, 5) is 18.3. The molecule has 1 atom stereocenters. The molecule has 1 fully saturated rings. The molecule has 0 saturated carbocycles. The van der Waals surface area contributed by atoms with Crippen molar-refractivity contribution in [2.24, 2.45) is 0 Å². The highest BCUT2D eigenvalue weighted by atomic mass is 16.2. The summed E-state index contributed by atoms with van der Waals surface area (Å²) in [6, 6.07) is 14.1. The second kappa shape index (κ2) is 10.1. The zero-order valence-corrected chi connectivity index (χ0v) is 17.6. The van der Waals surface area contributed by atoms with Crippen molar-refractivity contribution in [3.8, 4) is 16.9 Å². The highest BCUT2D eigenvalue weighted by molar-refractivity contribution is 5.93. The van der Waals surface area contributed by atoms with Gasteiger partial charge in [0.2, 0.25) is 0 Å². The topological polar surface area (TPSA) is 66.0 Å². The molecule has 3 aromatic rings. The van der Waals surface area contributed by atoms with E-state index in [4.69, 9.17) is 0 Å². The van der Waals surface area contributed by atoms with E-state index in [-0.39, 0.29) is 11.9 Å². The molecule has 1 saturated heterocycles. The normalized spacial score (nSPS) is 15.6. The van der Waals surface area contributed by atoms with Gasteiger partial charge in [0, 0.05) is 36.6 Å². The number of aromatic nitrogens is 3.